The first-order valence-electron chi connectivity index (χ1n) is 10.6. The van der Waals surface area contributed by atoms with Crippen molar-refractivity contribution in [1.29, 1.82) is 0 Å². The minimum Gasteiger partial charge on any atom is -0.493 e. The van der Waals surface area contributed by atoms with Crippen LogP contribution in [0.2, 0.25) is 0 Å². The Morgan fingerprint density at radius 2 is 1.60 bits per heavy atom. The van der Waals surface area contributed by atoms with Gasteiger partial charge in [-0.25, -0.2) is 5.43 Å². The van der Waals surface area contributed by atoms with Crippen LogP contribution in [0.3, 0.4) is 0 Å². The maximum Gasteiger partial charge on any atom is 0.277 e. The molecule has 0 radical (unpaired) electrons. The van der Waals surface area contributed by atoms with Crippen molar-refractivity contribution >= 4 is 12.1 Å². The summed E-state index contributed by atoms with van der Waals surface area (Å²) in [7, 11) is 0. The predicted molar refractivity (Wildman–Crippen MR) is 120 cm³/mol. The number of ether oxygens (including phenoxy) is 3. The highest BCUT2D eigenvalue weighted by Gasteiger charge is 2.06. The summed E-state index contributed by atoms with van der Waals surface area (Å²) in [5.74, 6) is 1.75. The van der Waals surface area contributed by atoms with Crippen LogP contribution in [0.1, 0.15) is 51.2 Å². The molecule has 6 heteroatoms. The standard InChI is InChI=1S/C24H32N2O4/c1-4-7-19-8-11-21(12-9-19)30-18-24(27)26-25-17-20-10-13-22(28-14-5-2)16-23(20)29-15-6-3/h8-13,16-17H,4-7,14-15,18H2,1-3H3,(H,26,27)/b25-17-. The Balaban J connectivity index is 1.88. The molecule has 162 valence electrons. The van der Waals surface area contributed by atoms with Gasteiger partial charge in [-0.15, -0.1) is 0 Å². The number of carbonyl (C=O) groups is 1. The van der Waals surface area contributed by atoms with Crippen LogP contribution >= 0.6 is 0 Å². The van der Waals surface area contributed by atoms with Gasteiger partial charge in [0.2, 0.25) is 0 Å². The van der Waals surface area contributed by atoms with E-state index in [0.717, 1.165) is 37.0 Å². The SMILES string of the molecule is CCCOc1ccc(/C=N\NC(=O)COc2ccc(CCC)cc2)c(OCCC)c1. The van der Waals surface area contributed by atoms with Gasteiger partial charge in [0.1, 0.15) is 17.2 Å². The van der Waals surface area contributed by atoms with Gasteiger partial charge in [0.25, 0.3) is 5.91 Å². The summed E-state index contributed by atoms with van der Waals surface area (Å²) in [6.45, 7) is 7.38. The van der Waals surface area contributed by atoms with Crippen LogP contribution < -0.4 is 19.6 Å². The van der Waals surface area contributed by atoms with E-state index in [0.29, 0.717) is 24.7 Å². The molecule has 1 amide bonds. The van der Waals surface area contributed by atoms with Crippen molar-refractivity contribution in [2.24, 2.45) is 5.10 Å². The fraction of sp³-hybridized carbons (Fsp3) is 0.417. The summed E-state index contributed by atoms with van der Waals surface area (Å²) >= 11 is 0. The van der Waals surface area contributed by atoms with Crippen LogP contribution in [0.5, 0.6) is 17.2 Å². The highest BCUT2D eigenvalue weighted by Crippen LogP contribution is 2.24. The highest BCUT2D eigenvalue weighted by molar-refractivity contribution is 5.85. The smallest absolute Gasteiger partial charge is 0.277 e. The van der Waals surface area contributed by atoms with Gasteiger partial charge in [-0.2, -0.15) is 5.10 Å². The Kier molecular flexibility index (Phi) is 10.3. The third kappa shape index (κ3) is 8.15. The lowest BCUT2D eigenvalue weighted by Gasteiger charge is -2.11. The third-order valence-electron chi connectivity index (χ3n) is 4.14. The molecule has 0 unspecified atom stereocenters. The van der Waals surface area contributed by atoms with Crippen molar-refractivity contribution in [3.05, 3.63) is 53.6 Å². The summed E-state index contributed by atoms with van der Waals surface area (Å²) in [4.78, 5) is 12.0. The minimum atomic E-state index is -0.331. The highest BCUT2D eigenvalue weighted by atomic mass is 16.5. The zero-order chi connectivity index (χ0) is 21.6. The summed E-state index contributed by atoms with van der Waals surface area (Å²) in [5, 5.41) is 4.03. The molecule has 1 N–H and O–H groups in total. The van der Waals surface area contributed by atoms with Crippen LogP contribution in [0, 0.1) is 0 Å². The van der Waals surface area contributed by atoms with Crippen LogP contribution in [-0.2, 0) is 11.2 Å². The lowest BCUT2D eigenvalue weighted by atomic mass is 10.1. The number of nitrogens with one attached hydrogen (secondary N) is 1. The summed E-state index contributed by atoms with van der Waals surface area (Å²) in [6, 6.07) is 13.4. The molecule has 0 atom stereocenters. The number of hydrogen-bond donors (Lipinski definition) is 1. The lowest BCUT2D eigenvalue weighted by molar-refractivity contribution is -0.123. The number of benzene rings is 2. The number of rotatable bonds is 13. The van der Waals surface area contributed by atoms with Gasteiger partial charge in [0.15, 0.2) is 6.61 Å². The fourth-order valence-corrected chi connectivity index (χ4v) is 2.66. The second-order valence-electron chi connectivity index (χ2n) is 6.87. The largest absolute Gasteiger partial charge is 0.493 e. The van der Waals surface area contributed by atoms with Crippen LogP contribution in [0.4, 0.5) is 0 Å². The van der Waals surface area contributed by atoms with Gasteiger partial charge >= 0.3 is 0 Å². The van der Waals surface area contributed by atoms with Gasteiger partial charge in [-0.1, -0.05) is 39.3 Å². The van der Waals surface area contributed by atoms with Gasteiger partial charge in [0.05, 0.1) is 19.4 Å². The average molecular weight is 413 g/mol. The molecule has 0 aromatic heterocycles. The van der Waals surface area contributed by atoms with E-state index in [-0.39, 0.29) is 12.5 Å². The number of carbonyl (C=O) groups excluding carboxylic acids is 1. The van der Waals surface area contributed by atoms with E-state index < -0.39 is 0 Å². The maximum absolute atomic E-state index is 12.0. The number of hydrazone groups is 1. The Bertz CT molecular complexity index is 803. The number of nitrogens with zero attached hydrogens (tertiary/aromatic N) is 1. The molecule has 0 heterocycles. The molecule has 0 aliphatic carbocycles. The van der Waals surface area contributed by atoms with Crippen molar-refractivity contribution in [2.75, 3.05) is 19.8 Å². The first-order chi connectivity index (χ1) is 14.7. The second kappa shape index (κ2) is 13.2. The van der Waals surface area contributed by atoms with Crippen molar-refractivity contribution < 1.29 is 19.0 Å². The topological polar surface area (TPSA) is 69.2 Å². The Labute approximate surface area is 179 Å². The Hall–Kier alpha value is -3.02. The molecule has 0 bridgehead atoms. The molecule has 30 heavy (non-hydrogen) atoms. The van der Waals surface area contributed by atoms with Gasteiger partial charge in [0, 0.05) is 11.6 Å². The molecule has 0 saturated heterocycles. The normalized spacial score (nSPS) is 10.8. The monoisotopic (exact) mass is 412 g/mol. The molecule has 0 saturated carbocycles. The average Bonchev–Trinajstić information content (AvgIpc) is 2.77. The summed E-state index contributed by atoms with van der Waals surface area (Å²) in [6.07, 6.45) is 5.52. The van der Waals surface area contributed by atoms with E-state index in [1.807, 2.05) is 49.4 Å². The number of hydrogen-bond acceptors (Lipinski definition) is 5. The third-order valence-corrected chi connectivity index (χ3v) is 4.14. The maximum atomic E-state index is 12.0. The number of amides is 1. The molecule has 2 rings (SSSR count). The number of aryl methyl sites for hydroxylation is 1. The second-order valence-corrected chi connectivity index (χ2v) is 6.87. The lowest BCUT2D eigenvalue weighted by Crippen LogP contribution is -2.24. The van der Waals surface area contributed by atoms with Crippen LogP contribution in [0.15, 0.2) is 47.6 Å². The zero-order valence-corrected chi connectivity index (χ0v) is 18.1. The molecule has 2 aromatic rings. The van der Waals surface area contributed by atoms with Crippen molar-refractivity contribution in [3.63, 3.8) is 0 Å². The van der Waals surface area contributed by atoms with Crippen molar-refractivity contribution in [3.8, 4) is 17.2 Å². The van der Waals surface area contributed by atoms with Gasteiger partial charge < -0.3 is 14.2 Å². The van der Waals surface area contributed by atoms with Gasteiger partial charge in [-0.3, -0.25) is 4.79 Å². The quantitative estimate of drug-likeness (QED) is 0.381. The van der Waals surface area contributed by atoms with E-state index in [1.165, 1.54) is 5.56 Å². The van der Waals surface area contributed by atoms with Gasteiger partial charge in [-0.05, 0) is 49.1 Å². The molecular formula is C24H32N2O4. The first kappa shape index (κ1) is 23.3. The molecule has 2 aromatic carbocycles. The first-order valence-corrected chi connectivity index (χ1v) is 10.6. The van der Waals surface area contributed by atoms with E-state index in [9.17, 15) is 4.79 Å². The van der Waals surface area contributed by atoms with E-state index >= 15 is 0 Å². The molecule has 0 aliphatic rings. The Morgan fingerprint density at radius 3 is 2.30 bits per heavy atom. The fourth-order valence-electron chi connectivity index (χ4n) is 2.66. The van der Waals surface area contributed by atoms with Crippen LogP contribution in [0.25, 0.3) is 0 Å². The van der Waals surface area contributed by atoms with E-state index in [1.54, 1.807) is 6.21 Å². The van der Waals surface area contributed by atoms with E-state index in [4.69, 9.17) is 14.2 Å². The van der Waals surface area contributed by atoms with Crippen molar-refractivity contribution in [1.82, 2.24) is 5.43 Å². The van der Waals surface area contributed by atoms with Crippen molar-refractivity contribution in [2.45, 2.75) is 46.5 Å². The molecule has 0 fully saturated rings. The zero-order valence-electron chi connectivity index (χ0n) is 18.1. The molecular weight excluding hydrogens is 380 g/mol. The predicted octanol–water partition coefficient (Wildman–Crippen LogP) is 4.75. The molecule has 0 spiro atoms. The Morgan fingerprint density at radius 1 is 0.900 bits per heavy atom. The molecule has 6 nitrogen and oxygen atoms in total. The van der Waals surface area contributed by atoms with Crippen LogP contribution in [-0.4, -0.2) is 31.9 Å². The summed E-state index contributed by atoms with van der Waals surface area (Å²) < 4.78 is 17.0. The minimum absolute atomic E-state index is 0.104. The van der Waals surface area contributed by atoms with E-state index in [2.05, 4.69) is 24.4 Å². The summed E-state index contributed by atoms with van der Waals surface area (Å²) in [5.41, 5.74) is 4.50. The molecule has 0 aliphatic heterocycles.